The number of carbonyl (C=O) groups is 2. The minimum atomic E-state index is -0.395. The highest BCUT2D eigenvalue weighted by Crippen LogP contribution is 2.19. The molecule has 2 aromatic heterocycles. The molecule has 2 heterocycles. The Morgan fingerprint density at radius 3 is 1.60 bits per heavy atom. The van der Waals surface area contributed by atoms with Crippen molar-refractivity contribution in [3.05, 3.63) is 59.9 Å². The van der Waals surface area contributed by atoms with Crippen LogP contribution in [0.3, 0.4) is 0 Å². The van der Waals surface area contributed by atoms with Crippen LogP contribution in [-0.4, -0.2) is 52.6 Å². The van der Waals surface area contributed by atoms with Gasteiger partial charge < -0.3 is 11.5 Å². The van der Waals surface area contributed by atoms with Crippen LogP contribution in [0.5, 0.6) is 0 Å². The van der Waals surface area contributed by atoms with Gasteiger partial charge in [-0.25, -0.2) is 0 Å². The molecular formula is C26H28N10O2S2. The Balaban J connectivity index is 1.14. The monoisotopic (exact) mass is 576 g/mol. The lowest BCUT2D eigenvalue weighted by Crippen LogP contribution is -2.14. The number of aromatic nitrogens is 4. The standard InChI is InChI=1S/C26H28N10O2S2/c27-21(39-25(29)33-23(37)11-15-5-3-7-19-17(15)13-31-35-19)9-1-2-10-22(28)40-26(30)34-24(38)12-16-6-4-8-20-18(16)14-32-36-20/h3-8,13-14,27-28H,1-2,9-12H2,(H,31,35)(H,32,36)(H2,29,33,37)(H2,30,34,38). The molecule has 0 radical (unpaired) electrons. The SMILES string of the molecule is N=C(CCCCC(=N)SC(N)=NC(=O)Cc1cccc2[nH]ncc12)SC(N)=NC(=O)Cc1cccc2[nH]ncc12. The molecule has 0 saturated carbocycles. The first-order valence-electron chi connectivity index (χ1n) is 12.3. The Morgan fingerprint density at radius 1 is 0.750 bits per heavy atom. The van der Waals surface area contributed by atoms with Gasteiger partial charge in [0.1, 0.15) is 0 Å². The Hall–Kier alpha value is -4.30. The van der Waals surface area contributed by atoms with E-state index in [0.29, 0.717) is 25.7 Å². The summed E-state index contributed by atoms with van der Waals surface area (Å²) in [6, 6.07) is 11.1. The molecule has 0 saturated heterocycles. The third kappa shape index (κ3) is 8.10. The number of amides is 2. The van der Waals surface area contributed by atoms with Gasteiger partial charge in [-0.2, -0.15) is 20.2 Å². The zero-order chi connectivity index (χ0) is 28.5. The van der Waals surface area contributed by atoms with E-state index in [-0.39, 0.29) is 33.3 Å². The van der Waals surface area contributed by atoms with Crippen LogP contribution >= 0.6 is 23.5 Å². The first kappa shape index (κ1) is 28.7. The molecular weight excluding hydrogens is 548 g/mol. The van der Waals surface area contributed by atoms with Crippen molar-refractivity contribution in [2.75, 3.05) is 0 Å². The average molecular weight is 577 g/mol. The van der Waals surface area contributed by atoms with Gasteiger partial charge in [-0.3, -0.25) is 30.6 Å². The Labute approximate surface area is 237 Å². The number of hydrogen-bond donors (Lipinski definition) is 6. The largest absolute Gasteiger partial charge is 0.378 e. The maximum Gasteiger partial charge on any atom is 0.252 e. The predicted octanol–water partition coefficient (Wildman–Crippen LogP) is 3.89. The van der Waals surface area contributed by atoms with Gasteiger partial charge in [-0.1, -0.05) is 24.3 Å². The maximum absolute atomic E-state index is 12.3. The molecule has 14 heteroatoms. The molecule has 4 aromatic rings. The lowest BCUT2D eigenvalue weighted by Gasteiger charge is -2.05. The number of nitrogens with two attached hydrogens (primary N) is 2. The number of aromatic amines is 2. The number of unbranched alkanes of at least 4 members (excludes halogenated alkanes) is 1. The van der Waals surface area contributed by atoms with Crippen LogP contribution in [0.2, 0.25) is 0 Å². The zero-order valence-electron chi connectivity index (χ0n) is 21.4. The second kappa shape index (κ2) is 13.7. The lowest BCUT2D eigenvalue weighted by molar-refractivity contribution is -0.118. The summed E-state index contributed by atoms with van der Waals surface area (Å²) in [6.07, 6.45) is 5.66. The molecule has 0 aliphatic rings. The molecule has 8 N–H and O–H groups in total. The molecule has 0 fully saturated rings. The number of nitrogens with one attached hydrogen (secondary N) is 4. The number of nitrogens with zero attached hydrogens (tertiary/aromatic N) is 4. The van der Waals surface area contributed by atoms with E-state index in [9.17, 15) is 9.59 Å². The molecule has 206 valence electrons. The molecule has 0 unspecified atom stereocenters. The third-order valence-electron chi connectivity index (χ3n) is 5.82. The molecule has 40 heavy (non-hydrogen) atoms. The van der Waals surface area contributed by atoms with Crippen LogP contribution in [0.15, 0.2) is 58.8 Å². The molecule has 12 nitrogen and oxygen atoms in total. The first-order valence-corrected chi connectivity index (χ1v) is 14.0. The van der Waals surface area contributed by atoms with Crippen molar-refractivity contribution in [3.8, 4) is 0 Å². The summed E-state index contributed by atoms with van der Waals surface area (Å²) >= 11 is 1.90. The fourth-order valence-electron chi connectivity index (χ4n) is 3.99. The highest BCUT2D eigenvalue weighted by atomic mass is 32.2. The number of aliphatic imine (C=N–C) groups is 2. The highest BCUT2D eigenvalue weighted by Gasteiger charge is 2.11. The molecule has 4 rings (SSSR count). The van der Waals surface area contributed by atoms with E-state index >= 15 is 0 Å². The predicted molar refractivity (Wildman–Crippen MR) is 162 cm³/mol. The van der Waals surface area contributed by atoms with E-state index < -0.39 is 11.8 Å². The lowest BCUT2D eigenvalue weighted by atomic mass is 10.1. The Kier molecular flexibility index (Phi) is 9.81. The van der Waals surface area contributed by atoms with Gasteiger partial charge in [0.25, 0.3) is 11.8 Å². The fourth-order valence-corrected chi connectivity index (χ4v) is 5.28. The van der Waals surface area contributed by atoms with Gasteiger partial charge in [0, 0.05) is 10.8 Å². The van der Waals surface area contributed by atoms with Gasteiger partial charge >= 0.3 is 0 Å². The van der Waals surface area contributed by atoms with Crippen LogP contribution in [0.4, 0.5) is 0 Å². The summed E-state index contributed by atoms with van der Waals surface area (Å²) < 4.78 is 0. The zero-order valence-corrected chi connectivity index (χ0v) is 23.1. The molecule has 0 bridgehead atoms. The molecule has 0 aliphatic carbocycles. The second-order valence-corrected chi connectivity index (χ2v) is 11.0. The first-order chi connectivity index (χ1) is 19.3. The summed E-state index contributed by atoms with van der Waals surface area (Å²) in [7, 11) is 0. The Morgan fingerprint density at radius 2 is 1.18 bits per heavy atom. The number of carbonyl (C=O) groups excluding carboxylic acids is 2. The topological polar surface area (TPSA) is 216 Å². The molecule has 0 atom stereocenters. The van der Waals surface area contributed by atoms with Crippen LogP contribution in [-0.2, 0) is 22.4 Å². The van der Waals surface area contributed by atoms with Crippen LogP contribution in [0.25, 0.3) is 21.8 Å². The summed E-state index contributed by atoms with van der Waals surface area (Å²) in [6.45, 7) is 0. The van der Waals surface area contributed by atoms with Gasteiger partial charge in [0.05, 0.1) is 46.4 Å². The number of rotatable bonds is 9. The summed E-state index contributed by atoms with van der Waals surface area (Å²) in [4.78, 5) is 32.5. The van der Waals surface area contributed by atoms with Crippen molar-refractivity contribution in [1.82, 2.24) is 20.4 Å². The van der Waals surface area contributed by atoms with Crippen molar-refractivity contribution < 1.29 is 9.59 Å². The van der Waals surface area contributed by atoms with E-state index in [4.69, 9.17) is 22.3 Å². The van der Waals surface area contributed by atoms with Gasteiger partial charge in [-0.15, -0.1) is 0 Å². The summed E-state index contributed by atoms with van der Waals surface area (Å²) in [5.41, 5.74) is 15.0. The number of amidine groups is 2. The second-order valence-electron chi connectivity index (χ2n) is 8.80. The molecule has 0 aliphatic heterocycles. The van der Waals surface area contributed by atoms with Crippen LogP contribution in [0.1, 0.15) is 36.8 Å². The number of thioether (sulfide) groups is 2. The fraction of sp³-hybridized carbons (Fsp3) is 0.231. The smallest absolute Gasteiger partial charge is 0.252 e. The minimum Gasteiger partial charge on any atom is -0.378 e. The van der Waals surface area contributed by atoms with Crippen molar-refractivity contribution >= 4 is 77.6 Å². The number of hydrogen-bond acceptors (Lipinski definition) is 8. The highest BCUT2D eigenvalue weighted by molar-refractivity contribution is 8.26. The van der Waals surface area contributed by atoms with Crippen molar-refractivity contribution in [3.63, 3.8) is 0 Å². The van der Waals surface area contributed by atoms with E-state index in [0.717, 1.165) is 56.5 Å². The number of fused-ring (bicyclic) bond motifs is 2. The van der Waals surface area contributed by atoms with Crippen LogP contribution in [0, 0.1) is 10.8 Å². The molecule has 2 amide bonds. The summed E-state index contributed by atoms with van der Waals surface area (Å²) in [5.74, 6) is -0.790. The van der Waals surface area contributed by atoms with E-state index in [1.54, 1.807) is 12.4 Å². The molecule has 0 spiro atoms. The third-order valence-corrected chi connectivity index (χ3v) is 7.32. The normalized spacial score (nSPS) is 12.2. The van der Waals surface area contributed by atoms with E-state index in [2.05, 4.69) is 30.4 Å². The average Bonchev–Trinajstić information content (AvgIpc) is 3.57. The minimum absolute atomic E-state index is 0.0234. The van der Waals surface area contributed by atoms with Crippen molar-refractivity contribution in [1.29, 1.82) is 10.8 Å². The number of H-pyrrole nitrogens is 2. The maximum atomic E-state index is 12.3. The van der Waals surface area contributed by atoms with Gasteiger partial charge in [0.2, 0.25) is 0 Å². The quantitative estimate of drug-likeness (QED) is 0.0973. The van der Waals surface area contributed by atoms with Crippen LogP contribution < -0.4 is 11.5 Å². The summed E-state index contributed by atoms with van der Waals surface area (Å²) in [5, 5.41) is 32.3. The van der Waals surface area contributed by atoms with Gasteiger partial charge in [-0.05, 0) is 72.5 Å². The molecule has 2 aromatic carbocycles. The van der Waals surface area contributed by atoms with E-state index in [1.807, 2.05) is 36.4 Å². The Bertz CT molecular complexity index is 1500. The van der Waals surface area contributed by atoms with Crippen molar-refractivity contribution in [2.24, 2.45) is 21.5 Å². The van der Waals surface area contributed by atoms with E-state index in [1.165, 1.54) is 0 Å². The van der Waals surface area contributed by atoms with Crippen molar-refractivity contribution in [2.45, 2.75) is 38.5 Å². The number of benzene rings is 2. The van der Waals surface area contributed by atoms with Gasteiger partial charge in [0.15, 0.2) is 10.3 Å².